The largest absolute Gasteiger partial charge is 0.497 e. The Morgan fingerprint density at radius 3 is 2.73 bits per heavy atom. The molecular weight excluding hydrogens is 372 g/mol. The minimum atomic E-state index is -3.07. The van der Waals surface area contributed by atoms with Crippen LogP contribution in [0.5, 0.6) is 5.75 Å². The van der Waals surface area contributed by atoms with Crippen LogP contribution in [0, 0.1) is 5.92 Å². The summed E-state index contributed by atoms with van der Waals surface area (Å²) in [6.45, 7) is 3.96. The Labute approximate surface area is 158 Å². The van der Waals surface area contributed by atoms with Crippen LogP contribution < -0.4 is 9.64 Å². The van der Waals surface area contributed by atoms with Crippen molar-refractivity contribution in [2.45, 2.75) is 38.0 Å². The molecule has 2 aliphatic heterocycles. The highest BCUT2D eigenvalue weighted by Crippen LogP contribution is 2.41. The van der Waals surface area contributed by atoms with Crippen molar-refractivity contribution in [3.63, 3.8) is 0 Å². The van der Waals surface area contributed by atoms with Gasteiger partial charge in [0.2, 0.25) is 0 Å². The number of aliphatic imine (C=N–C) groups is 1. The molecule has 0 N–H and O–H groups in total. The Hall–Kier alpha value is -1.54. The number of nitrogens with zero attached hydrogens (tertiary/aromatic N) is 2. The highest BCUT2D eigenvalue weighted by molar-refractivity contribution is 8.16. The molecule has 2 atom stereocenters. The third-order valence-corrected chi connectivity index (χ3v) is 8.15. The summed E-state index contributed by atoms with van der Waals surface area (Å²) in [6.07, 6.45) is 1.49. The van der Waals surface area contributed by atoms with Gasteiger partial charge in [0.05, 0.1) is 24.7 Å². The zero-order valence-corrected chi connectivity index (χ0v) is 16.8. The van der Waals surface area contributed by atoms with Crippen LogP contribution in [0.25, 0.3) is 0 Å². The lowest BCUT2D eigenvalue weighted by Crippen LogP contribution is -2.37. The second-order valence-electron chi connectivity index (χ2n) is 6.62. The Balaban J connectivity index is 1.99. The molecule has 1 amide bonds. The quantitative estimate of drug-likeness (QED) is 0.762. The number of hydrogen-bond acceptors (Lipinski definition) is 5. The number of amidine groups is 1. The van der Waals surface area contributed by atoms with Gasteiger partial charge in [0.1, 0.15) is 5.75 Å². The number of rotatable bonds is 5. The van der Waals surface area contributed by atoms with Crippen LogP contribution in [-0.2, 0) is 14.6 Å². The highest BCUT2D eigenvalue weighted by Gasteiger charge is 2.49. The summed E-state index contributed by atoms with van der Waals surface area (Å²) < 4.78 is 29.5. The summed E-state index contributed by atoms with van der Waals surface area (Å²) in [7, 11) is -1.48. The second-order valence-corrected chi connectivity index (χ2v) is 9.98. The molecule has 0 unspecified atom stereocenters. The summed E-state index contributed by atoms with van der Waals surface area (Å²) >= 11 is 1.40. The number of ether oxygens (including phenoxy) is 1. The van der Waals surface area contributed by atoms with E-state index in [0.29, 0.717) is 10.9 Å². The monoisotopic (exact) mass is 396 g/mol. The van der Waals surface area contributed by atoms with E-state index < -0.39 is 9.84 Å². The molecular formula is C18H24N2O4S2. The van der Waals surface area contributed by atoms with E-state index in [-0.39, 0.29) is 34.6 Å². The van der Waals surface area contributed by atoms with E-state index in [9.17, 15) is 13.2 Å². The van der Waals surface area contributed by atoms with Gasteiger partial charge in [-0.15, -0.1) is 0 Å². The third-order valence-electron chi connectivity index (χ3n) is 4.94. The van der Waals surface area contributed by atoms with Crippen LogP contribution in [0.4, 0.5) is 5.69 Å². The van der Waals surface area contributed by atoms with E-state index in [4.69, 9.17) is 4.74 Å². The van der Waals surface area contributed by atoms with Crippen LogP contribution >= 0.6 is 11.8 Å². The average Bonchev–Trinajstić information content (AvgIpc) is 3.06. The molecule has 0 aromatic heterocycles. The van der Waals surface area contributed by atoms with Gasteiger partial charge in [-0.25, -0.2) is 8.42 Å². The Bertz CT molecular complexity index is 818. The number of sulfone groups is 1. The lowest BCUT2D eigenvalue weighted by molar-refractivity contribution is -0.121. The summed E-state index contributed by atoms with van der Waals surface area (Å²) in [5.41, 5.74) is 0.803. The van der Waals surface area contributed by atoms with Crippen LogP contribution in [0.1, 0.15) is 26.7 Å². The van der Waals surface area contributed by atoms with Gasteiger partial charge in [0, 0.05) is 22.9 Å². The number of carbonyl (C=O) groups excluding carboxylic acids is 1. The molecule has 0 aliphatic carbocycles. The van der Waals surface area contributed by atoms with Crippen molar-refractivity contribution in [1.82, 2.24) is 0 Å². The first-order chi connectivity index (χ1) is 12.4. The van der Waals surface area contributed by atoms with Crippen LogP contribution in [-0.4, -0.2) is 49.4 Å². The number of thioether (sulfide) groups is 1. The van der Waals surface area contributed by atoms with Gasteiger partial charge in [-0.3, -0.25) is 4.79 Å². The third kappa shape index (κ3) is 3.76. The van der Waals surface area contributed by atoms with Gasteiger partial charge in [0.15, 0.2) is 15.0 Å². The van der Waals surface area contributed by atoms with Gasteiger partial charge in [-0.2, -0.15) is 4.99 Å². The summed E-state index contributed by atoms with van der Waals surface area (Å²) in [5, 5.41) is 0.500. The van der Waals surface area contributed by atoms with Crippen LogP contribution in [0.15, 0.2) is 29.3 Å². The summed E-state index contributed by atoms with van der Waals surface area (Å²) in [6, 6.07) is 7.24. The van der Waals surface area contributed by atoms with E-state index in [1.807, 2.05) is 43.0 Å². The zero-order valence-electron chi connectivity index (χ0n) is 15.2. The Morgan fingerprint density at radius 1 is 1.35 bits per heavy atom. The number of anilines is 1. The predicted octanol–water partition coefficient (Wildman–Crippen LogP) is 2.73. The van der Waals surface area contributed by atoms with Crippen molar-refractivity contribution in [3.8, 4) is 5.75 Å². The van der Waals surface area contributed by atoms with E-state index in [1.54, 1.807) is 7.11 Å². The summed E-state index contributed by atoms with van der Waals surface area (Å²) in [4.78, 5) is 18.8. The molecule has 2 fully saturated rings. The number of fused-ring (bicyclic) bond motifs is 1. The molecule has 1 aromatic carbocycles. The Kier molecular flexibility index (Phi) is 5.62. The van der Waals surface area contributed by atoms with E-state index in [1.165, 1.54) is 11.8 Å². The van der Waals surface area contributed by atoms with E-state index >= 15 is 0 Å². The fraction of sp³-hybridized carbons (Fsp3) is 0.556. The molecule has 142 valence electrons. The maximum absolute atomic E-state index is 12.5. The number of carbonyl (C=O) groups is 1. The molecule has 2 saturated heterocycles. The first-order valence-corrected chi connectivity index (χ1v) is 11.5. The van der Waals surface area contributed by atoms with Gasteiger partial charge >= 0.3 is 0 Å². The van der Waals surface area contributed by atoms with Crippen LogP contribution in [0.3, 0.4) is 0 Å². The maximum atomic E-state index is 12.5. The zero-order chi connectivity index (χ0) is 18.9. The highest BCUT2D eigenvalue weighted by atomic mass is 32.2. The number of methoxy groups -OCH3 is 1. The molecule has 3 rings (SSSR count). The molecule has 0 saturated carbocycles. The van der Waals surface area contributed by atoms with Gasteiger partial charge in [0.25, 0.3) is 5.91 Å². The minimum Gasteiger partial charge on any atom is -0.497 e. The molecule has 1 aromatic rings. The maximum Gasteiger partial charge on any atom is 0.251 e. The van der Waals surface area contributed by atoms with Crippen molar-refractivity contribution in [2.24, 2.45) is 10.9 Å². The lowest BCUT2D eigenvalue weighted by Gasteiger charge is -2.25. The normalized spacial score (nSPS) is 25.7. The predicted molar refractivity (Wildman–Crippen MR) is 106 cm³/mol. The van der Waals surface area contributed by atoms with Crippen molar-refractivity contribution >= 4 is 38.4 Å². The molecule has 8 heteroatoms. The standard InChI is InChI=1S/C18H24N2O4S2/c1-4-12(5-2)17(21)19-18-20(13-7-6-8-14(9-13)24-3)15-10-26(22,23)11-16(15)25-18/h6-9,12,15-16H,4-5,10-11H2,1-3H3/t15-,16+/m1/s1. The van der Waals surface area contributed by atoms with Crippen molar-refractivity contribution in [2.75, 3.05) is 23.5 Å². The molecule has 26 heavy (non-hydrogen) atoms. The second kappa shape index (κ2) is 7.60. The molecule has 2 heterocycles. The minimum absolute atomic E-state index is 0.0834. The molecule has 6 nitrogen and oxygen atoms in total. The van der Waals surface area contributed by atoms with Crippen LogP contribution in [0.2, 0.25) is 0 Å². The SMILES string of the molecule is CCC(CC)C(=O)N=C1S[C@H]2CS(=O)(=O)C[C@H]2N1c1cccc(OC)c1. The number of amides is 1. The fourth-order valence-electron chi connectivity index (χ4n) is 3.45. The fourth-order valence-corrected chi connectivity index (χ4v) is 7.37. The summed E-state index contributed by atoms with van der Waals surface area (Å²) in [5.74, 6) is 0.663. The molecule has 0 radical (unpaired) electrons. The van der Waals surface area contributed by atoms with Crippen molar-refractivity contribution < 1.29 is 17.9 Å². The van der Waals surface area contributed by atoms with Gasteiger partial charge < -0.3 is 9.64 Å². The number of hydrogen-bond donors (Lipinski definition) is 0. The number of benzene rings is 1. The first-order valence-electron chi connectivity index (χ1n) is 8.81. The molecule has 0 spiro atoms. The van der Waals surface area contributed by atoms with Crippen molar-refractivity contribution in [1.29, 1.82) is 0 Å². The van der Waals surface area contributed by atoms with Gasteiger partial charge in [-0.1, -0.05) is 31.7 Å². The van der Waals surface area contributed by atoms with Gasteiger partial charge in [-0.05, 0) is 25.0 Å². The van der Waals surface area contributed by atoms with E-state index in [0.717, 1.165) is 18.5 Å². The average molecular weight is 397 g/mol. The topological polar surface area (TPSA) is 76.0 Å². The van der Waals surface area contributed by atoms with E-state index in [2.05, 4.69) is 4.99 Å². The Morgan fingerprint density at radius 2 is 2.08 bits per heavy atom. The smallest absolute Gasteiger partial charge is 0.251 e. The molecule has 2 aliphatic rings. The lowest BCUT2D eigenvalue weighted by atomic mass is 10.0. The first kappa shape index (κ1) is 19.2. The van der Waals surface area contributed by atoms with Crippen molar-refractivity contribution in [3.05, 3.63) is 24.3 Å². The molecule has 0 bridgehead atoms.